The number of aromatic nitrogens is 2. The normalized spacial score (nSPS) is 10.8. The van der Waals surface area contributed by atoms with Crippen LogP contribution >= 0.6 is 0 Å². The highest BCUT2D eigenvalue weighted by molar-refractivity contribution is 5.80. The lowest BCUT2D eigenvalue weighted by atomic mass is 10.1. The summed E-state index contributed by atoms with van der Waals surface area (Å²) in [6.07, 6.45) is 1.55. The fraction of sp³-hybridized carbons (Fsp3) is 0.273. The van der Waals surface area contributed by atoms with Gasteiger partial charge in [0.05, 0.1) is 17.2 Å². The summed E-state index contributed by atoms with van der Waals surface area (Å²) in [6.45, 7) is 2.87. The molecule has 0 amide bonds. The Morgan fingerprint density at radius 2 is 2.27 bits per heavy atom. The number of rotatable bonds is 2. The van der Waals surface area contributed by atoms with Gasteiger partial charge >= 0.3 is 0 Å². The van der Waals surface area contributed by atoms with Gasteiger partial charge in [-0.25, -0.2) is 4.98 Å². The molecule has 4 heteroatoms. The quantitative estimate of drug-likeness (QED) is 0.780. The van der Waals surface area contributed by atoms with Gasteiger partial charge in [-0.15, -0.1) is 0 Å². The van der Waals surface area contributed by atoms with Crippen LogP contribution in [0.25, 0.3) is 10.9 Å². The SMILES string of the molecule is Cc1cccc2ncn(CCN)c(=O)c12. The maximum Gasteiger partial charge on any atom is 0.261 e. The fourth-order valence-corrected chi connectivity index (χ4v) is 1.66. The summed E-state index contributed by atoms with van der Waals surface area (Å²) >= 11 is 0. The summed E-state index contributed by atoms with van der Waals surface area (Å²) in [7, 11) is 0. The molecule has 0 saturated heterocycles. The molecule has 0 unspecified atom stereocenters. The summed E-state index contributed by atoms with van der Waals surface area (Å²) in [4.78, 5) is 16.2. The second kappa shape index (κ2) is 3.82. The van der Waals surface area contributed by atoms with E-state index in [1.807, 2.05) is 25.1 Å². The summed E-state index contributed by atoms with van der Waals surface area (Å²) in [5, 5.41) is 0.688. The number of hydrogen-bond donors (Lipinski definition) is 1. The molecule has 0 bridgehead atoms. The first-order chi connectivity index (χ1) is 7.24. The van der Waals surface area contributed by atoms with Crippen LogP contribution in [0.3, 0.4) is 0 Å². The molecule has 0 atom stereocenters. The summed E-state index contributed by atoms with van der Waals surface area (Å²) in [6, 6.07) is 5.66. The van der Waals surface area contributed by atoms with Crippen LogP contribution in [0.1, 0.15) is 5.56 Å². The molecule has 78 valence electrons. The van der Waals surface area contributed by atoms with Gasteiger partial charge in [-0.05, 0) is 18.6 Å². The minimum atomic E-state index is -0.0106. The van der Waals surface area contributed by atoms with Crippen molar-refractivity contribution in [3.63, 3.8) is 0 Å². The van der Waals surface area contributed by atoms with Gasteiger partial charge in [0.1, 0.15) is 0 Å². The van der Waals surface area contributed by atoms with Gasteiger partial charge in [-0.3, -0.25) is 9.36 Å². The van der Waals surface area contributed by atoms with Crippen LogP contribution in [0.4, 0.5) is 0 Å². The molecule has 2 rings (SSSR count). The van der Waals surface area contributed by atoms with Crippen LogP contribution in [-0.4, -0.2) is 16.1 Å². The topological polar surface area (TPSA) is 60.9 Å². The molecule has 0 spiro atoms. The van der Waals surface area contributed by atoms with E-state index < -0.39 is 0 Å². The zero-order chi connectivity index (χ0) is 10.8. The molecule has 15 heavy (non-hydrogen) atoms. The highest BCUT2D eigenvalue weighted by Gasteiger charge is 2.05. The van der Waals surface area contributed by atoms with E-state index in [-0.39, 0.29) is 5.56 Å². The summed E-state index contributed by atoms with van der Waals surface area (Å²) in [5.41, 5.74) is 7.11. The second-order valence-corrected chi connectivity index (χ2v) is 3.50. The Morgan fingerprint density at radius 3 is 3.00 bits per heavy atom. The van der Waals surface area contributed by atoms with E-state index >= 15 is 0 Å². The van der Waals surface area contributed by atoms with Gasteiger partial charge in [-0.2, -0.15) is 0 Å². The van der Waals surface area contributed by atoms with Crippen molar-refractivity contribution in [1.82, 2.24) is 9.55 Å². The zero-order valence-electron chi connectivity index (χ0n) is 8.60. The number of aryl methyl sites for hydroxylation is 1. The molecular weight excluding hydrogens is 190 g/mol. The van der Waals surface area contributed by atoms with Crippen LogP contribution in [0.5, 0.6) is 0 Å². The average molecular weight is 203 g/mol. The van der Waals surface area contributed by atoms with Gasteiger partial charge < -0.3 is 5.73 Å². The monoisotopic (exact) mass is 203 g/mol. The molecule has 0 radical (unpaired) electrons. The number of nitrogens with zero attached hydrogens (tertiary/aromatic N) is 2. The third kappa shape index (κ3) is 1.64. The molecule has 1 aromatic heterocycles. The minimum absolute atomic E-state index is 0.0106. The highest BCUT2D eigenvalue weighted by atomic mass is 16.1. The van der Waals surface area contributed by atoms with Crippen LogP contribution in [0.2, 0.25) is 0 Å². The number of fused-ring (bicyclic) bond motifs is 1. The third-order valence-corrected chi connectivity index (χ3v) is 2.43. The van der Waals surface area contributed by atoms with E-state index in [0.717, 1.165) is 11.1 Å². The van der Waals surface area contributed by atoms with Crippen LogP contribution in [0, 0.1) is 6.92 Å². The van der Waals surface area contributed by atoms with E-state index in [4.69, 9.17) is 5.73 Å². The predicted molar refractivity (Wildman–Crippen MR) is 59.8 cm³/mol. The van der Waals surface area contributed by atoms with Crippen molar-refractivity contribution in [2.24, 2.45) is 5.73 Å². The lowest BCUT2D eigenvalue weighted by Gasteiger charge is -2.05. The van der Waals surface area contributed by atoms with Gasteiger partial charge in [0.25, 0.3) is 5.56 Å². The second-order valence-electron chi connectivity index (χ2n) is 3.50. The smallest absolute Gasteiger partial charge is 0.261 e. The number of hydrogen-bond acceptors (Lipinski definition) is 3. The Labute approximate surface area is 87.4 Å². The van der Waals surface area contributed by atoms with Crippen molar-refractivity contribution in [1.29, 1.82) is 0 Å². The van der Waals surface area contributed by atoms with Gasteiger partial charge in [0.2, 0.25) is 0 Å². The Kier molecular flexibility index (Phi) is 2.51. The molecule has 0 fully saturated rings. The minimum Gasteiger partial charge on any atom is -0.329 e. The lowest BCUT2D eigenvalue weighted by Crippen LogP contribution is -2.24. The van der Waals surface area contributed by atoms with E-state index in [1.165, 1.54) is 0 Å². The number of nitrogens with two attached hydrogens (primary N) is 1. The van der Waals surface area contributed by atoms with Gasteiger partial charge in [0.15, 0.2) is 0 Å². The van der Waals surface area contributed by atoms with Gasteiger partial charge in [0, 0.05) is 13.1 Å². The van der Waals surface area contributed by atoms with Gasteiger partial charge in [-0.1, -0.05) is 12.1 Å². The average Bonchev–Trinajstić information content (AvgIpc) is 2.22. The Hall–Kier alpha value is -1.68. The van der Waals surface area contributed by atoms with Crippen molar-refractivity contribution in [2.45, 2.75) is 13.5 Å². The molecule has 1 aromatic carbocycles. The summed E-state index contributed by atoms with van der Waals surface area (Å²) < 4.78 is 1.55. The largest absolute Gasteiger partial charge is 0.329 e. The molecule has 0 aliphatic carbocycles. The molecule has 0 aliphatic rings. The molecule has 4 nitrogen and oxygen atoms in total. The highest BCUT2D eigenvalue weighted by Crippen LogP contribution is 2.10. The first-order valence-corrected chi connectivity index (χ1v) is 4.89. The molecule has 0 saturated carbocycles. The van der Waals surface area contributed by atoms with Crippen LogP contribution in [0.15, 0.2) is 29.3 Å². The van der Waals surface area contributed by atoms with E-state index in [0.29, 0.717) is 18.5 Å². The van der Waals surface area contributed by atoms with Crippen LogP contribution < -0.4 is 11.3 Å². The first kappa shape index (κ1) is 9.86. The zero-order valence-corrected chi connectivity index (χ0v) is 8.60. The Morgan fingerprint density at radius 1 is 1.47 bits per heavy atom. The van der Waals surface area contributed by atoms with Crippen molar-refractivity contribution in [3.05, 3.63) is 40.4 Å². The molecule has 1 heterocycles. The lowest BCUT2D eigenvalue weighted by molar-refractivity contribution is 0.673. The van der Waals surface area contributed by atoms with E-state index in [1.54, 1.807) is 10.9 Å². The molecule has 0 aliphatic heterocycles. The Bertz CT molecular complexity index is 545. The van der Waals surface area contributed by atoms with E-state index in [9.17, 15) is 4.79 Å². The van der Waals surface area contributed by atoms with Crippen molar-refractivity contribution in [3.8, 4) is 0 Å². The number of benzene rings is 1. The molecule has 2 N–H and O–H groups in total. The van der Waals surface area contributed by atoms with Crippen molar-refractivity contribution >= 4 is 10.9 Å². The maximum atomic E-state index is 12.0. The standard InChI is InChI=1S/C11H13N3O/c1-8-3-2-4-9-10(8)11(15)14(6-5-12)7-13-9/h2-4,7H,5-6,12H2,1H3. The van der Waals surface area contributed by atoms with Crippen molar-refractivity contribution < 1.29 is 0 Å². The first-order valence-electron chi connectivity index (χ1n) is 4.89. The van der Waals surface area contributed by atoms with Crippen LogP contribution in [-0.2, 0) is 6.54 Å². The Balaban J connectivity index is 2.77. The molecular formula is C11H13N3O. The third-order valence-electron chi connectivity index (χ3n) is 2.43. The van der Waals surface area contributed by atoms with Crippen molar-refractivity contribution in [2.75, 3.05) is 6.54 Å². The molecule has 2 aromatic rings. The van der Waals surface area contributed by atoms with E-state index in [2.05, 4.69) is 4.98 Å². The fourth-order valence-electron chi connectivity index (χ4n) is 1.66. The maximum absolute atomic E-state index is 12.0. The predicted octanol–water partition coefficient (Wildman–Crippen LogP) is 0.664. The summed E-state index contributed by atoms with van der Waals surface area (Å²) in [5.74, 6) is 0.